The Morgan fingerprint density at radius 1 is 0.299 bits per heavy atom. The van der Waals surface area contributed by atoms with E-state index in [1.54, 1.807) is 48.5 Å². The fraction of sp³-hybridized carbons (Fsp3) is 0.0816. The minimum Gasteiger partial charge on any atom is -0.306 e. The fourth-order valence-corrected chi connectivity index (χ4v) is 9.09. The predicted molar refractivity (Wildman–Crippen MR) is 224 cm³/mol. The van der Waals surface area contributed by atoms with Crippen molar-refractivity contribution in [2.75, 3.05) is 0 Å². The molecule has 0 N–H and O–H groups in total. The van der Waals surface area contributed by atoms with Crippen LogP contribution in [0, 0.1) is 34.0 Å². The second-order valence-corrected chi connectivity index (χ2v) is 15.5. The minimum atomic E-state index is -5.07. The van der Waals surface area contributed by atoms with Crippen LogP contribution in [0.4, 0.5) is 52.7 Å². The van der Waals surface area contributed by atoms with Gasteiger partial charge in [-0.1, -0.05) is 60.7 Å². The van der Waals surface area contributed by atoms with Gasteiger partial charge in [0.2, 0.25) is 0 Å². The molecule has 3 aromatic heterocycles. The molecule has 0 aliphatic carbocycles. The van der Waals surface area contributed by atoms with Crippen molar-refractivity contribution in [3.63, 3.8) is 0 Å². The molecule has 0 spiro atoms. The van der Waals surface area contributed by atoms with Crippen LogP contribution in [-0.2, 0) is 24.7 Å². The standard InChI is InChI=1S/C49H20F12N6/c50-46(51,52)24-9-13-30-31-14-10-25(47(53,54)55)18-40(31)66(39(30)17-24)44-34(21-62)43(65-37-7-3-1-5-28(37)29-6-2-4-8-38(29)65)35(22-63)45(36(44)23-64)67-41-19-26(48(56,57)58)11-15-32(41)33-16-12-27(20-42(33)67)49(59,60)61/h1-20H. The molecule has 330 valence electrons. The molecule has 0 bridgehead atoms. The van der Waals surface area contributed by atoms with Crippen LogP contribution in [0.25, 0.3) is 82.5 Å². The number of fused-ring (bicyclic) bond motifs is 9. The highest BCUT2D eigenvalue weighted by Crippen LogP contribution is 2.48. The molecule has 6 nitrogen and oxygen atoms in total. The van der Waals surface area contributed by atoms with Gasteiger partial charge in [-0.3, -0.25) is 0 Å². The van der Waals surface area contributed by atoms with Gasteiger partial charge in [-0.05, 0) is 60.7 Å². The number of aromatic nitrogens is 3. The summed E-state index contributed by atoms with van der Waals surface area (Å²) in [5, 5.41) is 34.8. The average Bonchev–Trinajstić information content (AvgIpc) is 3.91. The maximum atomic E-state index is 14.6. The van der Waals surface area contributed by atoms with Crippen molar-refractivity contribution in [2.24, 2.45) is 0 Å². The molecule has 0 radical (unpaired) electrons. The molecule has 0 unspecified atom stereocenters. The molecule has 0 saturated heterocycles. The molecule has 18 heteroatoms. The number of hydrogen-bond donors (Lipinski definition) is 0. The summed E-state index contributed by atoms with van der Waals surface area (Å²) in [4.78, 5) is 0. The van der Waals surface area contributed by atoms with E-state index in [0.29, 0.717) is 59.3 Å². The zero-order valence-corrected chi connectivity index (χ0v) is 33.3. The summed E-state index contributed by atoms with van der Waals surface area (Å²) in [6.07, 6.45) is -20.3. The second-order valence-electron chi connectivity index (χ2n) is 15.5. The number of rotatable bonds is 3. The van der Waals surface area contributed by atoms with Crippen LogP contribution in [0.15, 0.2) is 121 Å². The van der Waals surface area contributed by atoms with E-state index >= 15 is 0 Å². The molecule has 0 aliphatic rings. The molecule has 0 aliphatic heterocycles. The van der Waals surface area contributed by atoms with E-state index in [4.69, 9.17) is 0 Å². The maximum Gasteiger partial charge on any atom is 0.416 e. The highest BCUT2D eigenvalue weighted by atomic mass is 19.4. The molecule has 0 fully saturated rings. The Balaban J connectivity index is 1.54. The largest absolute Gasteiger partial charge is 0.416 e. The van der Waals surface area contributed by atoms with Crippen LogP contribution in [0.5, 0.6) is 0 Å². The Kier molecular flexibility index (Phi) is 9.06. The molecule has 10 rings (SSSR count). The molecule has 7 aromatic carbocycles. The molecule has 3 heterocycles. The van der Waals surface area contributed by atoms with Crippen molar-refractivity contribution in [3.8, 4) is 35.3 Å². The van der Waals surface area contributed by atoms with E-state index in [-0.39, 0.29) is 32.6 Å². The highest BCUT2D eigenvalue weighted by Gasteiger charge is 2.38. The first-order valence-electron chi connectivity index (χ1n) is 19.6. The Labute approximate surface area is 367 Å². The van der Waals surface area contributed by atoms with Crippen molar-refractivity contribution >= 4 is 65.4 Å². The van der Waals surface area contributed by atoms with E-state index in [9.17, 15) is 68.5 Å². The number of nitriles is 3. The number of hydrogen-bond acceptors (Lipinski definition) is 3. The summed E-state index contributed by atoms with van der Waals surface area (Å²) in [6, 6.07) is 27.6. The van der Waals surface area contributed by atoms with E-state index in [2.05, 4.69) is 0 Å². The van der Waals surface area contributed by atoms with Crippen molar-refractivity contribution in [1.82, 2.24) is 13.7 Å². The molecular weight excluding hydrogens is 901 g/mol. The maximum absolute atomic E-state index is 14.6. The first kappa shape index (κ1) is 42.5. The first-order chi connectivity index (χ1) is 31.7. The van der Waals surface area contributed by atoms with Gasteiger partial charge >= 0.3 is 24.7 Å². The van der Waals surface area contributed by atoms with Crippen molar-refractivity contribution in [1.29, 1.82) is 15.8 Å². The van der Waals surface area contributed by atoms with E-state index in [1.165, 1.54) is 4.57 Å². The Morgan fingerprint density at radius 2 is 0.522 bits per heavy atom. The topological polar surface area (TPSA) is 86.2 Å². The van der Waals surface area contributed by atoms with Crippen molar-refractivity contribution in [2.45, 2.75) is 24.7 Å². The third-order valence-corrected chi connectivity index (χ3v) is 11.9. The zero-order chi connectivity index (χ0) is 47.7. The number of para-hydroxylation sites is 2. The van der Waals surface area contributed by atoms with Gasteiger partial charge in [-0.15, -0.1) is 0 Å². The second kappa shape index (κ2) is 14.3. The minimum absolute atomic E-state index is 0.102. The quantitative estimate of drug-likeness (QED) is 0.165. The average molecular weight is 921 g/mol. The number of benzene rings is 7. The molecule has 0 saturated carbocycles. The molecule has 10 aromatic rings. The number of nitrogens with zero attached hydrogens (tertiary/aromatic N) is 6. The summed E-state index contributed by atoms with van der Waals surface area (Å²) in [6.45, 7) is 0. The fourth-order valence-electron chi connectivity index (χ4n) is 9.09. The summed E-state index contributed by atoms with van der Waals surface area (Å²) < 4.78 is 178. The third kappa shape index (κ3) is 6.33. The Morgan fingerprint density at radius 3 is 0.761 bits per heavy atom. The third-order valence-electron chi connectivity index (χ3n) is 11.9. The monoisotopic (exact) mass is 920 g/mol. The SMILES string of the molecule is N#Cc1c(-n2c3ccccc3c3ccccc32)c(C#N)c(-n2c3cc(C(F)(F)F)ccc3c3ccc(C(F)(F)F)cc32)c(C#N)c1-n1c2cc(C(F)(F)F)ccc2c2ccc(C(F)(F)F)cc21. The first-order valence-corrected chi connectivity index (χ1v) is 19.6. The molecule has 0 atom stereocenters. The van der Waals surface area contributed by atoms with Crippen molar-refractivity contribution < 1.29 is 52.7 Å². The van der Waals surface area contributed by atoms with Gasteiger partial charge in [0, 0.05) is 32.3 Å². The Bertz CT molecular complexity index is 3530. The van der Waals surface area contributed by atoms with Crippen molar-refractivity contribution in [3.05, 3.63) is 160 Å². The summed E-state index contributed by atoms with van der Waals surface area (Å²) in [5.41, 5.74) is -10.8. The number of alkyl halides is 12. The summed E-state index contributed by atoms with van der Waals surface area (Å²) in [5.74, 6) is 0. The lowest BCUT2D eigenvalue weighted by molar-refractivity contribution is -0.138. The lowest BCUT2D eigenvalue weighted by Gasteiger charge is -2.23. The molecule has 0 amide bonds. The summed E-state index contributed by atoms with van der Waals surface area (Å²) >= 11 is 0. The van der Waals surface area contributed by atoms with E-state index in [0.717, 1.165) is 33.4 Å². The zero-order valence-electron chi connectivity index (χ0n) is 33.3. The lowest BCUT2D eigenvalue weighted by atomic mass is 9.96. The predicted octanol–water partition coefficient (Wildman–Crippen LogP) is 14.7. The van der Waals surface area contributed by atoms with Gasteiger partial charge in [-0.2, -0.15) is 68.5 Å². The van der Waals surface area contributed by atoms with Crippen LogP contribution < -0.4 is 0 Å². The lowest BCUT2D eigenvalue weighted by Crippen LogP contribution is -2.15. The van der Waals surface area contributed by atoms with Gasteiger partial charge in [0.05, 0.1) is 72.4 Å². The molecule has 67 heavy (non-hydrogen) atoms. The molecular formula is C49H20F12N6. The summed E-state index contributed by atoms with van der Waals surface area (Å²) in [7, 11) is 0. The van der Waals surface area contributed by atoms with Gasteiger partial charge in [0.25, 0.3) is 0 Å². The Hall–Kier alpha value is -8.43. The van der Waals surface area contributed by atoms with Gasteiger partial charge in [-0.25, -0.2) is 0 Å². The van der Waals surface area contributed by atoms with Crippen LogP contribution in [0.1, 0.15) is 38.9 Å². The number of halogens is 12. The van der Waals surface area contributed by atoms with E-state index < -0.39 is 103 Å². The smallest absolute Gasteiger partial charge is 0.306 e. The van der Waals surface area contributed by atoms with Crippen LogP contribution in [0.3, 0.4) is 0 Å². The van der Waals surface area contributed by atoms with E-state index in [1.807, 2.05) is 18.2 Å². The van der Waals surface area contributed by atoms with Crippen LogP contribution >= 0.6 is 0 Å². The van der Waals surface area contributed by atoms with Crippen LogP contribution in [0.2, 0.25) is 0 Å². The van der Waals surface area contributed by atoms with Gasteiger partial charge in [0.1, 0.15) is 34.9 Å². The van der Waals surface area contributed by atoms with Gasteiger partial charge in [0.15, 0.2) is 0 Å². The normalized spacial score (nSPS) is 12.7. The van der Waals surface area contributed by atoms with Crippen LogP contribution in [-0.4, -0.2) is 13.7 Å². The van der Waals surface area contributed by atoms with Gasteiger partial charge < -0.3 is 13.7 Å². The highest BCUT2D eigenvalue weighted by molar-refractivity contribution is 6.14.